The van der Waals surface area contributed by atoms with Crippen LogP contribution in [0.5, 0.6) is 0 Å². The van der Waals surface area contributed by atoms with E-state index in [4.69, 9.17) is 0 Å². The van der Waals surface area contributed by atoms with Crippen LogP contribution in [-0.2, 0) is 10.8 Å². The Morgan fingerprint density at radius 2 is 2.09 bits per heavy atom. The summed E-state index contributed by atoms with van der Waals surface area (Å²) in [6.07, 6.45) is 3.72. The second-order valence-electron chi connectivity index (χ2n) is 3.06. The van der Waals surface area contributed by atoms with Gasteiger partial charge >= 0.3 is 0 Å². The molecule has 0 saturated heterocycles. The summed E-state index contributed by atoms with van der Waals surface area (Å²) in [6, 6.07) is 0. The average molecular weight is 176 g/mol. The van der Waals surface area contributed by atoms with Gasteiger partial charge in [0.2, 0.25) is 0 Å². The predicted molar refractivity (Wildman–Crippen MR) is 46.9 cm³/mol. The standard InChI is InChI=1S/C8H16O2S/c1-2-11(10)8-6-4-3-5-7(8)9/h7-9H,2-6H2,1H3/t7-,8-,11?/m0/s1. The summed E-state index contributed by atoms with van der Waals surface area (Å²) >= 11 is 0. The van der Waals surface area contributed by atoms with E-state index in [-0.39, 0.29) is 11.4 Å². The summed E-state index contributed by atoms with van der Waals surface area (Å²) in [6.45, 7) is 1.91. The third-order valence-corrected chi connectivity index (χ3v) is 4.08. The highest BCUT2D eigenvalue weighted by molar-refractivity contribution is 7.85. The Hall–Kier alpha value is 0.110. The Labute approximate surface area is 70.5 Å². The summed E-state index contributed by atoms with van der Waals surface area (Å²) in [5.41, 5.74) is 0. The Bertz CT molecular complexity index is 147. The van der Waals surface area contributed by atoms with Crippen molar-refractivity contribution in [1.29, 1.82) is 0 Å². The maximum atomic E-state index is 11.3. The number of hydrogen-bond acceptors (Lipinski definition) is 2. The fourth-order valence-corrected chi connectivity index (χ4v) is 2.94. The first-order chi connectivity index (χ1) is 5.25. The first kappa shape index (κ1) is 9.20. The van der Waals surface area contributed by atoms with Gasteiger partial charge in [-0.15, -0.1) is 0 Å². The van der Waals surface area contributed by atoms with Gasteiger partial charge in [-0.1, -0.05) is 19.8 Å². The molecule has 1 rings (SSSR count). The third-order valence-electron chi connectivity index (χ3n) is 2.29. The van der Waals surface area contributed by atoms with Crippen LogP contribution in [0.3, 0.4) is 0 Å². The monoisotopic (exact) mass is 176 g/mol. The van der Waals surface area contributed by atoms with Crippen LogP contribution in [-0.4, -0.2) is 26.4 Å². The minimum Gasteiger partial charge on any atom is -0.392 e. The van der Waals surface area contributed by atoms with E-state index in [1.807, 2.05) is 6.92 Å². The van der Waals surface area contributed by atoms with Crippen LogP contribution in [0.25, 0.3) is 0 Å². The molecule has 2 nitrogen and oxygen atoms in total. The van der Waals surface area contributed by atoms with Crippen LogP contribution < -0.4 is 0 Å². The molecule has 1 fully saturated rings. The van der Waals surface area contributed by atoms with Crippen molar-refractivity contribution in [1.82, 2.24) is 0 Å². The van der Waals surface area contributed by atoms with E-state index in [0.717, 1.165) is 25.7 Å². The van der Waals surface area contributed by atoms with Gasteiger partial charge in [0.05, 0.1) is 11.4 Å². The molecule has 0 radical (unpaired) electrons. The van der Waals surface area contributed by atoms with Gasteiger partial charge in [0.1, 0.15) is 0 Å². The quantitative estimate of drug-likeness (QED) is 0.683. The lowest BCUT2D eigenvalue weighted by molar-refractivity contribution is 0.135. The zero-order valence-corrected chi connectivity index (χ0v) is 7.77. The second kappa shape index (κ2) is 4.21. The summed E-state index contributed by atoms with van der Waals surface area (Å²) in [5.74, 6) is 0.682. The van der Waals surface area contributed by atoms with E-state index in [9.17, 15) is 9.32 Å². The van der Waals surface area contributed by atoms with Crippen LogP contribution in [0.2, 0.25) is 0 Å². The molecule has 1 aliphatic rings. The molecule has 1 N–H and O–H groups in total. The van der Waals surface area contributed by atoms with Crippen LogP contribution in [0.4, 0.5) is 0 Å². The van der Waals surface area contributed by atoms with Crippen molar-refractivity contribution in [2.45, 2.75) is 44.0 Å². The Morgan fingerprint density at radius 1 is 1.45 bits per heavy atom. The first-order valence-corrected chi connectivity index (χ1v) is 5.69. The molecule has 0 aromatic rings. The van der Waals surface area contributed by atoms with E-state index in [1.54, 1.807) is 0 Å². The van der Waals surface area contributed by atoms with Crippen molar-refractivity contribution in [2.75, 3.05) is 5.75 Å². The smallest absolute Gasteiger partial charge is 0.0683 e. The van der Waals surface area contributed by atoms with Gasteiger partial charge in [-0.25, -0.2) is 0 Å². The molecule has 1 aliphatic carbocycles. The van der Waals surface area contributed by atoms with E-state index in [1.165, 1.54) is 0 Å². The van der Waals surface area contributed by atoms with Gasteiger partial charge in [-0.05, 0) is 12.8 Å². The lowest BCUT2D eigenvalue weighted by Gasteiger charge is -2.26. The number of aliphatic hydroxyl groups excluding tert-OH is 1. The Morgan fingerprint density at radius 3 is 2.64 bits per heavy atom. The predicted octanol–water partition coefficient (Wildman–Crippen LogP) is 1.06. The molecule has 11 heavy (non-hydrogen) atoms. The summed E-state index contributed by atoms with van der Waals surface area (Å²) in [7, 11) is -0.794. The Balaban J connectivity index is 2.47. The van der Waals surface area contributed by atoms with E-state index in [0.29, 0.717) is 5.75 Å². The molecule has 3 heteroatoms. The molecule has 0 aliphatic heterocycles. The highest BCUT2D eigenvalue weighted by Gasteiger charge is 2.26. The zero-order valence-electron chi connectivity index (χ0n) is 6.95. The largest absolute Gasteiger partial charge is 0.392 e. The van der Waals surface area contributed by atoms with Crippen molar-refractivity contribution in [3.05, 3.63) is 0 Å². The number of rotatable bonds is 2. The molecule has 3 atom stereocenters. The molecule has 0 spiro atoms. The third kappa shape index (κ3) is 2.27. The summed E-state index contributed by atoms with van der Waals surface area (Å²) in [4.78, 5) is 0. The molecule has 1 unspecified atom stereocenters. The molecular weight excluding hydrogens is 160 g/mol. The highest BCUT2D eigenvalue weighted by atomic mass is 32.2. The van der Waals surface area contributed by atoms with Crippen molar-refractivity contribution in [2.24, 2.45) is 0 Å². The first-order valence-electron chi connectivity index (χ1n) is 4.31. The van der Waals surface area contributed by atoms with E-state index >= 15 is 0 Å². The average Bonchev–Trinajstić information content (AvgIpc) is 2.04. The van der Waals surface area contributed by atoms with Crippen molar-refractivity contribution in [3.63, 3.8) is 0 Å². The molecule has 0 bridgehead atoms. The van der Waals surface area contributed by atoms with Crippen molar-refractivity contribution < 1.29 is 9.32 Å². The van der Waals surface area contributed by atoms with Gasteiger partial charge in [0, 0.05) is 16.6 Å². The zero-order chi connectivity index (χ0) is 8.27. The number of aliphatic hydroxyl groups is 1. The maximum absolute atomic E-state index is 11.3. The SMILES string of the molecule is CCS(=O)[C@H]1CCCC[C@@H]1O. The summed E-state index contributed by atoms with van der Waals surface area (Å²) < 4.78 is 11.3. The molecule has 0 heterocycles. The summed E-state index contributed by atoms with van der Waals surface area (Å²) in [5, 5.41) is 9.54. The molecule has 0 amide bonds. The molecule has 66 valence electrons. The lowest BCUT2D eigenvalue weighted by atomic mass is 9.97. The molecule has 1 saturated carbocycles. The van der Waals surface area contributed by atoms with Crippen LogP contribution in [0.15, 0.2) is 0 Å². The van der Waals surface area contributed by atoms with Crippen molar-refractivity contribution >= 4 is 10.8 Å². The molecular formula is C8H16O2S. The van der Waals surface area contributed by atoms with Gasteiger partial charge in [0.15, 0.2) is 0 Å². The lowest BCUT2D eigenvalue weighted by Crippen LogP contribution is -2.34. The van der Waals surface area contributed by atoms with E-state index in [2.05, 4.69) is 0 Å². The fourth-order valence-electron chi connectivity index (χ4n) is 1.60. The molecule has 0 aromatic heterocycles. The normalized spacial score (nSPS) is 35.1. The number of hydrogen-bond donors (Lipinski definition) is 1. The van der Waals surface area contributed by atoms with Crippen LogP contribution in [0, 0.1) is 0 Å². The molecule has 0 aromatic carbocycles. The van der Waals surface area contributed by atoms with Gasteiger partial charge < -0.3 is 5.11 Å². The van der Waals surface area contributed by atoms with Crippen molar-refractivity contribution in [3.8, 4) is 0 Å². The van der Waals surface area contributed by atoms with Crippen LogP contribution >= 0.6 is 0 Å². The maximum Gasteiger partial charge on any atom is 0.0683 e. The van der Waals surface area contributed by atoms with Crippen LogP contribution in [0.1, 0.15) is 32.6 Å². The van der Waals surface area contributed by atoms with Gasteiger partial charge in [-0.2, -0.15) is 0 Å². The second-order valence-corrected chi connectivity index (χ2v) is 5.00. The van der Waals surface area contributed by atoms with E-state index < -0.39 is 10.8 Å². The fraction of sp³-hybridized carbons (Fsp3) is 1.00. The minimum atomic E-state index is -0.794. The minimum absolute atomic E-state index is 0.0637. The highest BCUT2D eigenvalue weighted by Crippen LogP contribution is 2.22. The van der Waals surface area contributed by atoms with Gasteiger partial charge in [-0.3, -0.25) is 4.21 Å². The topological polar surface area (TPSA) is 37.3 Å². The Kier molecular flexibility index (Phi) is 3.52. The van der Waals surface area contributed by atoms with Gasteiger partial charge in [0.25, 0.3) is 0 Å².